The van der Waals surface area contributed by atoms with Crippen LogP contribution in [-0.2, 0) is 6.54 Å². The standard InChI is InChI=1S/C20H32N2O3/c1-2-3-4-5-6-7-8-9-10-11-12-13-14-22-17(16-21)20(25)18(23)15-19(22)24/h15,24-25H,2-14H2,1H3. The smallest absolute Gasteiger partial charge is 0.228 e. The van der Waals surface area contributed by atoms with E-state index >= 15 is 0 Å². The summed E-state index contributed by atoms with van der Waals surface area (Å²) >= 11 is 0. The van der Waals surface area contributed by atoms with Crippen LogP contribution in [0.25, 0.3) is 0 Å². The lowest BCUT2D eigenvalue weighted by atomic mass is 10.1. The maximum atomic E-state index is 11.4. The van der Waals surface area contributed by atoms with Crippen molar-refractivity contribution in [2.45, 2.75) is 90.5 Å². The van der Waals surface area contributed by atoms with Crippen molar-refractivity contribution >= 4 is 0 Å². The highest BCUT2D eigenvalue weighted by Gasteiger charge is 2.13. The van der Waals surface area contributed by atoms with Crippen molar-refractivity contribution < 1.29 is 10.2 Å². The molecule has 0 spiro atoms. The minimum Gasteiger partial charge on any atom is -0.502 e. The number of aromatic nitrogens is 1. The Morgan fingerprint density at radius 3 is 1.88 bits per heavy atom. The zero-order valence-electron chi connectivity index (χ0n) is 15.5. The topological polar surface area (TPSA) is 86.2 Å². The number of hydrogen-bond donors (Lipinski definition) is 2. The Bertz CT molecular complexity index is 602. The van der Waals surface area contributed by atoms with Gasteiger partial charge in [0.15, 0.2) is 17.3 Å². The molecular formula is C20H32N2O3. The van der Waals surface area contributed by atoms with Crippen LogP contribution in [0.2, 0.25) is 0 Å². The number of aromatic hydroxyl groups is 2. The molecule has 0 fully saturated rings. The summed E-state index contributed by atoms with van der Waals surface area (Å²) in [4.78, 5) is 11.4. The highest BCUT2D eigenvalue weighted by atomic mass is 16.3. The number of nitrogens with zero attached hydrogens (tertiary/aromatic N) is 2. The molecule has 0 unspecified atom stereocenters. The first-order chi connectivity index (χ1) is 12.1. The summed E-state index contributed by atoms with van der Waals surface area (Å²) in [7, 11) is 0. The van der Waals surface area contributed by atoms with Crippen LogP contribution < -0.4 is 5.43 Å². The third kappa shape index (κ3) is 7.64. The van der Waals surface area contributed by atoms with Gasteiger partial charge in [0.05, 0.1) is 0 Å². The third-order valence-electron chi connectivity index (χ3n) is 4.61. The van der Waals surface area contributed by atoms with E-state index in [-0.39, 0.29) is 11.6 Å². The summed E-state index contributed by atoms with van der Waals surface area (Å²) in [6.07, 6.45) is 14.8. The Balaban J connectivity index is 2.16. The third-order valence-corrected chi connectivity index (χ3v) is 4.61. The zero-order chi connectivity index (χ0) is 18.5. The van der Waals surface area contributed by atoms with Gasteiger partial charge in [-0.05, 0) is 6.42 Å². The van der Waals surface area contributed by atoms with Crippen LogP contribution in [0.5, 0.6) is 11.6 Å². The molecule has 0 radical (unpaired) electrons. The molecule has 0 aromatic carbocycles. The van der Waals surface area contributed by atoms with Gasteiger partial charge in [0.1, 0.15) is 6.07 Å². The van der Waals surface area contributed by atoms with Crippen molar-refractivity contribution in [1.29, 1.82) is 5.26 Å². The second-order valence-corrected chi connectivity index (χ2v) is 6.72. The van der Waals surface area contributed by atoms with E-state index in [4.69, 9.17) is 5.26 Å². The van der Waals surface area contributed by atoms with E-state index in [2.05, 4.69) is 6.92 Å². The maximum Gasteiger partial charge on any atom is 0.228 e. The highest BCUT2D eigenvalue weighted by molar-refractivity contribution is 5.40. The highest BCUT2D eigenvalue weighted by Crippen LogP contribution is 2.19. The molecule has 5 nitrogen and oxygen atoms in total. The Labute approximate surface area is 150 Å². The quantitative estimate of drug-likeness (QED) is 0.500. The van der Waals surface area contributed by atoms with Gasteiger partial charge in [0.2, 0.25) is 5.43 Å². The van der Waals surface area contributed by atoms with Gasteiger partial charge in [-0.15, -0.1) is 0 Å². The Kier molecular flexibility index (Phi) is 10.5. The van der Waals surface area contributed by atoms with Crippen LogP contribution >= 0.6 is 0 Å². The van der Waals surface area contributed by atoms with Gasteiger partial charge >= 0.3 is 0 Å². The van der Waals surface area contributed by atoms with E-state index in [9.17, 15) is 15.0 Å². The average Bonchev–Trinajstić information content (AvgIpc) is 2.60. The molecular weight excluding hydrogens is 316 g/mol. The number of nitriles is 1. The minimum atomic E-state index is -0.722. The molecule has 0 atom stereocenters. The van der Waals surface area contributed by atoms with Crippen molar-refractivity contribution in [2.24, 2.45) is 0 Å². The summed E-state index contributed by atoms with van der Waals surface area (Å²) < 4.78 is 1.31. The molecule has 0 amide bonds. The van der Waals surface area contributed by atoms with Crippen LogP contribution in [0.15, 0.2) is 10.9 Å². The Morgan fingerprint density at radius 1 is 0.920 bits per heavy atom. The first-order valence-corrected chi connectivity index (χ1v) is 9.67. The fraction of sp³-hybridized carbons (Fsp3) is 0.700. The van der Waals surface area contributed by atoms with E-state index in [1.54, 1.807) is 6.07 Å². The van der Waals surface area contributed by atoms with Gasteiger partial charge in [0, 0.05) is 12.6 Å². The molecule has 1 rings (SSSR count). The van der Waals surface area contributed by atoms with E-state index in [1.807, 2.05) is 0 Å². The zero-order valence-corrected chi connectivity index (χ0v) is 15.5. The van der Waals surface area contributed by atoms with Crippen LogP contribution in [0, 0.1) is 11.3 Å². The molecule has 0 aliphatic carbocycles. The number of rotatable bonds is 13. The molecule has 5 heteroatoms. The van der Waals surface area contributed by atoms with E-state index < -0.39 is 11.2 Å². The first kappa shape index (κ1) is 21.1. The molecule has 1 aromatic heterocycles. The van der Waals surface area contributed by atoms with Crippen molar-refractivity contribution in [3.63, 3.8) is 0 Å². The lowest BCUT2D eigenvalue weighted by Gasteiger charge is -2.12. The monoisotopic (exact) mass is 348 g/mol. The molecule has 0 bridgehead atoms. The Morgan fingerprint density at radius 2 is 1.40 bits per heavy atom. The normalized spacial score (nSPS) is 10.7. The summed E-state index contributed by atoms with van der Waals surface area (Å²) in [5.74, 6) is -0.846. The van der Waals surface area contributed by atoms with E-state index in [1.165, 1.54) is 62.4 Å². The number of pyridine rings is 1. The van der Waals surface area contributed by atoms with Gasteiger partial charge < -0.3 is 14.8 Å². The summed E-state index contributed by atoms with van der Waals surface area (Å²) in [5.41, 5.74) is -0.881. The predicted octanol–water partition coefficient (Wildman–Crippen LogP) is 4.83. The molecule has 0 aliphatic heterocycles. The first-order valence-electron chi connectivity index (χ1n) is 9.67. The SMILES string of the molecule is CCCCCCCCCCCCCCn1c(O)cc(=O)c(O)c1C#N. The molecule has 25 heavy (non-hydrogen) atoms. The second kappa shape index (κ2) is 12.4. The van der Waals surface area contributed by atoms with Crippen molar-refractivity contribution in [1.82, 2.24) is 4.57 Å². The molecule has 1 aromatic rings. The van der Waals surface area contributed by atoms with Crippen LogP contribution in [-0.4, -0.2) is 14.8 Å². The second-order valence-electron chi connectivity index (χ2n) is 6.72. The van der Waals surface area contributed by atoms with Gasteiger partial charge in [-0.25, -0.2) is 0 Å². The van der Waals surface area contributed by atoms with Crippen molar-refractivity contribution in [2.75, 3.05) is 0 Å². The largest absolute Gasteiger partial charge is 0.502 e. The van der Waals surface area contributed by atoms with Crippen molar-refractivity contribution in [3.05, 3.63) is 22.0 Å². The summed E-state index contributed by atoms with van der Waals surface area (Å²) in [5, 5.41) is 28.5. The molecule has 140 valence electrons. The van der Waals surface area contributed by atoms with Gasteiger partial charge in [0.25, 0.3) is 0 Å². The van der Waals surface area contributed by atoms with Crippen LogP contribution in [0.4, 0.5) is 0 Å². The predicted molar refractivity (Wildman–Crippen MR) is 99.8 cm³/mol. The van der Waals surface area contributed by atoms with Gasteiger partial charge in [-0.3, -0.25) is 4.79 Å². The molecule has 0 saturated carbocycles. The maximum absolute atomic E-state index is 11.4. The van der Waals surface area contributed by atoms with Crippen LogP contribution in [0.1, 0.15) is 89.7 Å². The average molecular weight is 348 g/mol. The molecule has 0 saturated heterocycles. The number of unbranched alkanes of at least 4 members (excludes halogenated alkanes) is 11. The van der Waals surface area contributed by atoms with E-state index in [0.717, 1.165) is 25.3 Å². The summed E-state index contributed by atoms with van der Waals surface area (Å²) in [6, 6.07) is 2.75. The van der Waals surface area contributed by atoms with E-state index in [0.29, 0.717) is 6.54 Å². The fourth-order valence-electron chi connectivity index (χ4n) is 3.07. The summed E-state index contributed by atoms with van der Waals surface area (Å²) in [6.45, 7) is 2.67. The lowest BCUT2D eigenvalue weighted by molar-refractivity contribution is 0.387. The fourth-order valence-corrected chi connectivity index (χ4v) is 3.07. The van der Waals surface area contributed by atoms with Gasteiger partial charge in [-0.2, -0.15) is 5.26 Å². The minimum absolute atomic E-state index is 0.159. The molecule has 2 N–H and O–H groups in total. The number of hydrogen-bond acceptors (Lipinski definition) is 4. The molecule has 1 heterocycles. The molecule has 0 aliphatic rings. The Hall–Kier alpha value is -1.96. The van der Waals surface area contributed by atoms with Gasteiger partial charge in [-0.1, -0.05) is 77.6 Å². The van der Waals surface area contributed by atoms with Crippen molar-refractivity contribution in [3.8, 4) is 17.7 Å². The lowest BCUT2D eigenvalue weighted by Crippen LogP contribution is -2.12. The van der Waals surface area contributed by atoms with Crippen LogP contribution in [0.3, 0.4) is 0 Å².